The summed E-state index contributed by atoms with van der Waals surface area (Å²) >= 11 is 0. The number of hydrogen-bond donors (Lipinski definition) is 3. The Labute approximate surface area is 81.7 Å². The van der Waals surface area contributed by atoms with Gasteiger partial charge in [-0.1, -0.05) is 0 Å². The molecule has 0 aliphatic rings. The molecule has 0 bridgehead atoms. The molecular weight excluding hydrogens is 209 g/mol. The molecule has 0 heterocycles. The van der Waals surface area contributed by atoms with E-state index in [1.165, 1.54) is 12.1 Å². The minimum absolute atomic E-state index is 0. The number of nitrogens with two attached hydrogens (primary N) is 1. The number of benzene rings is 1. The maximum Gasteiger partial charge on any atom is 0.229 e. The highest BCUT2D eigenvalue weighted by Crippen LogP contribution is 2.16. The van der Waals surface area contributed by atoms with Gasteiger partial charge in [0.2, 0.25) is 10.0 Å². The van der Waals surface area contributed by atoms with Gasteiger partial charge in [0.05, 0.1) is 17.6 Å². The van der Waals surface area contributed by atoms with E-state index in [-0.39, 0.29) is 17.5 Å². The molecule has 1 aromatic carbocycles. The number of halogens is 1. The summed E-state index contributed by atoms with van der Waals surface area (Å²) in [5.74, 6) is -0.570. The van der Waals surface area contributed by atoms with E-state index in [2.05, 4.69) is 4.72 Å². The smallest absolute Gasteiger partial charge is 0.229 e. The van der Waals surface area contributed by atoms with Gasteiger partial charge in [0.25, 0.3) is 0 Å². The van der Waals surface area contributed by atoms with Gasteiger partial charge in [0.1, 0.15) is 5.82 Å². The average molecular weight is 221 g/mol. The van der Waals surface area contributed by atoms with Crippen molar-refractivity contribution in [2.24, 2.45) is 0 Å². The molecule has 0 aliphatic heterocycles. The molecule has 0 saturated carbocycles. The second-order valence-electron chi connectivity index (χ2n) is 2.61. The standard InChI is InChI=1S/C7H9FN2O2S.H3N/c1-13(11,12)10-5-2-3-6(8)7(9)4-5;/h2-4,10H,9H2,1H3;1H3. The summed E-state index contributed by atoms with van der Waals surface area (Å²) in [7, 11) is -3.33. The van der Waals surface area contributed by atoms with Crippen molar-refractivity contribution in [1.82, 2.24) is 6.15 Å². The number of sulfonamides is 1. The van der Waals surface area contributed by atoms with Crippen LogP contribution in [0.1, 0.15) is 0 Å². The highest BCUT2D eigenvalue weighted by Gasteiger charge is 2.03. The van der Waals surface area contributed by atoms with E-state index in [1.54, 1.807) is 0 Å². The Morgan fingerprint density at radius 1 is 1.43 bits per heavy atom. The summed E-state index contributed by atoms with van der Waals surface area (Å²) in [6, 6.07) is 3.62. The highest BCUT2D eigenvalue weighted by atomic mass is 32.2. The van der Waals surface area contributed by atoms with Crippen molar-refractivity contribution in [3.8, 4) is 0 Å². The minimum Gasteiger partial charge on any atom is -0.396 e. The predicted octanol–water partition coefficient (Wildman–Crippen LogP) is 0.941. The Morgan fingerprint density at radius 3 is 2.43 bits per heavy atom. The fourth-order valence-corrected chi connectivity index (χ4v) is 1.38. The maximum atomic E-state index is 12.6. The fraction of sp³-hybridized carbons (Fsp3) is 0.143. The Hall–Kier alpha value is -1.34. The quantitative estimate of drug-likeness (QED) is 0.646. The predicted molar refractivity (Wildman–Crippen MR) is 54.3 cm³/mol. The fourth-order valence-electron chi connectivity index (χ4n) is 0.821. The summed E-state index contributed by atoms with van der Waals surface area (Å²) in [6.45, 7) is 0. The number of hydrogen-bond acceptors (Lipinski definition) is 4. The van der Waals surface area contributed by atoms with Crippen molar-refractivity contribution in [1.29, 1.82) is 0 Å². The molecule has 5 nitrogen and oxygen atoms in total. The van der Waals surface area contributed by atoms with E-state index in [4.69, 9.17) is 5.73 Å². The Bertz CT molecular complexity index is 419. The van der Waals surface area contributed by atoms with Crippen LogP contribution < -0.4 is 16.6 Å². The monoisotopic (exact) mass is 221 g/mol. The normalized spacial score (nSPS) is 10.4. The van der Waals surface area contributed by atoms with Gasteiger partial charge >= 0.3 is 0 Å². The third kappa shape index (κ3) is 3.58. The minimum atomic E-state index is -3.33. The summed E-state index contributed by atoms with van der Waals surface area (Å²) < 4.78 is 36.3. The summed E-state index contributed by atoms with van der Waals surface area (Å²) in [5.41, 5.74) is 5.39. The zero-order chi connectivity index (χ0) is 10.1. The van der Waals surface area contributed by atoms with Gasteiger partial charge in [-0.25, -0.2) is 12.8 Å². The topological polar surface area (TPSA) is 107 Å². The zero-order valence-corrected chi connectivity index (χ0v) is 8.44. The molecule has 0 saturated heterocycles. The van der Waals surface area contributed by atoms with E-state index in [0.29, 0.717) is 0 Å². The lowest BCUT2D eigenvalue weighted by atomic mass is 10.3. The van der Waals surface area contributed by atoms with Gasteiger partial charge in [-0.2, -0.15) is 0 Å². The number of nitrogen functional groups attached to an aromatic ring is 1. The average Bonchev–Trinajstić information content (AvgIpc) is 1.94. The molecule has 14 heavy (non-hydrogen) atoms. The Balaban J connectivity index is 0.00000169. The van der Waals surface area contributed by atoms with Crippen LogP contribution in [-0.4, -0.2) is 14.7 Å². The lowest BCUT2D eigenvalue weighted by molar-refractivity contribution is 0.606. The molecule has 1 rings (SSSR count). The van der Waals surface area contributed by atoms with E-state index >= 15 is 0 Å². The van der Waals surface area contributed by atoms with Crippen LogP contribution in [0.15, 0.2) is 18.2 Å². The van der Waals surface area contributed by atoms with Crippen LogP contribution in [0, 0.1) is 5.82 Å². The lowest BCUT2D eigenvalue weighted by Gasteiger charge is -2.04. The van der Waals surface area contributed by atoms with Crippen molar-refractivity contribution in [3.05, 3.63) is 24.0 Å². The molecule has 0 aliphatic carbocycles. The van der Waals surface area contributed by atoms with Gasteiger partial charge in [-0.15, -0.1) is 0 Å². The van der Waals surface area contributed by atoms with Crippen LogP contribution in [0.4, 0.5) is 15.8 Å². The highest BCUT2D eigenvalue weighted by molar-refractivity contribution is 7.92. The van der Waals surface area contributed by atoms with Gasteiger partial charge in [-0.3, -0.25) is 4.72 Å². The molecule has 7 heteroatoms. The molecule has 0 fully saturated rings. The molecule has 80 valence electrons. The molecule has 0 unspecified atom stereocenters. The van der Waals surface area contributed by atoms with Gasteiger partial charge < -0.3 is 11.9 Å². The third-order valence-corrected chi connectivity index (χ3v) is 1.91. The van der Waals surface area contributed by atoms with Crippen molar-refractivity contribution in [2.75, 3.05) is 16.7 Å². The number of rotatable bonds is 2. The molecule has 0 spiro atoms. The van der Waals surface area contributed by atoms with Crippen molar-refractivity contribution in [2.45, 2.75) is 0 Å². The Kier molecular flexibility index (Phi) is 3.84. The first-order valence-electron chi connectivity index (χ1n) is 3.41. The number of nitrogens with one attached hydrogen (secondary N) is 1. The maximum absolute atomic E-state index is 12.6. The van der Waals surface area contributed by atoms with Crippen molar-refractivity contribution < 1.29 is 12.8 Å². The van der Waals surface area contributed by atoms with E-state index in [9.17, 15) is 12.8 Å². The molecule has 0 radical (unpaired) electrons. The first-order valence-corrected chi connectivity index (χ1v) is 5.30. The van der Waals surface area contributed by atoms with Gasteiger partial charge in [0, 0.05) is 0 Å². The molecule has 6 N–H and O–H groups in total. The van der Waals surface area contributed by atoms with E-state index < -0.39 is 15.8 Å². The van der Waals surface area contributed by atoms with Crippen LogP contribution in [0.25, 0.3) is 0 Å². The zero-order valence-electron chi connectivity index (χ0n) is 7.62. The van der Waals surface area contributed by atoms with Crippen LogP contribution in [-0.2, 0) is 10.0 Å². The van der Waals surface area contributed by atoms with Gasteiger partial charge in [0.15, 0.2) is 0 Å². The lowest BCUT2D eigenvalue weighted by Crippen LogP contribution is -2.09. The van der Waals surface area contributed by atoms with E-state index in [1.807, 2.05) is 0 Å². The summed E-state index contributed by atoms with van der Waals surface area (Å²) in [4.78, 5) is 0. The first-order chi connectivity index (χ1) is 5.88. The van der Waals surface area contributed by atoms with Crippen molar-refractivity contribution in [3.63, 3.8) is 0 Å². The molecule has 0 aromatic heterocycles. The van der Waals surface area contributed by atoms with Crippen LogP contribution in [0.2, 0.25) is 0 Å². The molecule has 1 aromatic rings. The SMILES string of the molecule is CS(=O)(=O)Nc1ccc(F)c(N)c1.N. The van der Waals surface area contributed by atoms with Crippen LogP contribution >= 0.6 is 0 Å². The van der Waals surface area contributed by atoms with E-state index in [0.717, 1.165) is 12.3 Å². The molecular formula is C7H12FN3O2S. The second kappa shape index (κ2) is 4.25. The first kappa shape index (κ1) is 12.7. The number of anilines is 2. The van der Waals surface area contributed by atoms with Crippen LogP contribution in [0.5, 0.6) is 0 Å². The summed E-state index contributed by atoms with van der Waals surface area (Å²) in [6.07, 6.45) is 1.01. The second-order valence-corrected chi connectivity index (χ2v) is 4.36. The van der Waals surface area contributed by atoms with Crippen LogP contribution in [0.3, 0.4) is 0 Å². The Morgan fingerprint density at radius 2 is 2.00 bits per heavy atom. The molecule has 0 amide bonds. The largest absolute Gasteiger partial charge is 0.396 e. The van der Waals surface area contributed by atoms with Gasteiger partial charge in [-0.05, 0) is 18.2 Å². The van der Waals surface area contributed by atoms with Crippen molar-refractivity contribution >= 4 is 21.4 Å². The summed E-state index contributed by atoms with van der Waals surface area (Å²) in [5, 5.41) is 0. The molecule has 0 atom stereocenters. The third-order valence-electron chi connectivity index (χ3n) is 1.30.